The van der Waals surface area contributed by atoms with Gasteiger partial charge in [-0.05, 0) is 94.2 Å². The number of ether oxygens (including phenoxy) is 1. The van der Waals surface area contributed by atoms with Gasteiger partial charge in [0, 0.05) is 24.7 Å². The molecule has 0 saturated heterocycles. The molecule has 2 aliphatic rings. The summed E-state index contributed by atoms with van der Waals surface area (Å²) in [7, 11) is 0. The summed E-state index contributed by atoms with van der Waals surface area (Å²) in [5, 5.41) is 13.6. The van der Waals surface area contributed by atoms with Gasteiger partial charge in [0.05, 0.1) is 5.60 Å². The minimum absolute atomic E-state index is 0.0144. The Balaban J connectivity index is 1.79. The molecule has 1 fully saturated rings. The van der Waals surface area contributed by atoms with Crippen LogP contribution in [0.5, 0.6) is 0 Å². The minimum Gasteiger partial charge on any atom is -0.479 e. The van der Waals surface area contributed by atoms with Crippen molar-refractivity contribution in [2.45, 2.75) is 104 Å². The molecule has 1 unspecified atom stereocenters. The topological polar surface area (TPSA) is 78.9 Å². The number of carbonyl (C=O) groups is 2. The van der Waals surface area contributed by atoms with Gasteiger partial charge in [0.15, 0.2) is 6.10 Å². The summed E-state index contributed by atoms with van der Waals surface area (Å²) in [5.74, 6) is -1.01. The third-order valence-electron chi connectivity index (χ3n) is 7.82. The molecule has 2 N–H and O–H groups in total. The molecule has 200 valence electrons. The van der Waals surface area contributed by atoms with Gasteiger partial charge in [0.1, 0.15) is 0 Å². The number of hydrogen-bond donors (Lipinski definition) is 2. The fourth-order valence-electron chi connectivity index (χ4n) is 5.92. The van der Waals surface area contributed by atoms with Gasteiger partial charge in [0.25, 0.3) is 0 Å². The molecule has 0 bridgehead atoms. The molecule has 0 aromatic heterocycles. The van der Waals surface area contributed by atoms with Crippen molar-refractivity contribution in [3.8, 4) is 11.1 Å². The van der Waals surface area contributed by atoms with E-state index < -0.39 is 17.7 Å². The number of aryl methyl sites for hydroxylation is 1. The van der Waals surface area contributed by atoms with Gasteiger partial charge >= 0.3 is 12.0 Å². The zero-order valence-electron chi connectivity index (χ0n) is 23.2. The fourth-order valence-corrected chi connectivity index (χ4v) is 5.92. The summed E-state index contributed by atoms with van der Waals surface area (Å²) in [6.45, 7) is 12.9. The van der Waals surface area contributed by atoms with Crippen molar-refractivity contribution < 1.29 is 19.4 Å². The van der Waals surface area contributed by atoms with E-state index in [0.29, 0.717) is 18.7 Å². The number of urea groups is 1. The normalized spacial score (nSPS) is 17.3. The number of nitrogens with zero attached hydrogens (tertiary/aromatic N) is 1. The highest BCUT2D eigenvalue weighted by Gasteiger charge is 2.35. The van der Waals surface area contributed by atoms with E-state index in [2.05, 4.69) is 36.5 Å². The lowest BCUT2D eigenvalue weighted by Gasteiger charge is -2.36. The van der Waals surface area contributed by atoms with Crippen LogP contribution >= 0.6 is 0 Å². The molecule has 0 radical (unpaired) electrons. The second kappa shape index (κ2) is 10.9. The molecular formula is C31H42N2O4. The van der Waals surface area contributed by atoms with Crippen molar-refractivity contribution in [2.75, 3.05) is 6.54 Å². The average Bonchev–Trinajstić information content (AvgIpc) is 2.85. The summed E-state index contributed by atoms with van der Waals surface area (Å²) in [5.41, 5.74) is 7.39. The summed E-state index contributed by atoms with van der Waals surface area (Å²) in [6, 6.07) is 8.49. The van der Waals surface area contributed by atoms with E-state index >= 15 is 0 Å². The highest BCUT2D eigenvalue weighted by Crippen LogP contribution is 2.42. The molecule has 2 amide bonds. The highest BCUT2D eigenvalue weighted by molar-refractivity contribution is 5.84. The van der Waals surface area contributed by atoms with Crippen LogP contribution in [0.2, 0.25) is 0 Å². The molecule has 4 rings (SSSR count). The van der Waals surface area contributed by atoms with Crippen LogP contribution in [0.3, 0.4) is 0 Å². The Hall–Kier alpha value is -2.86. The van der Waals surface area contributed by atoms with Crippen molar-refractivity contribution in [1.82, 2.24) is 10.2 Å². The van der Waals surface area contributed by atoms with Crippen molar-refractivity contribution in [2.24, 2.45) is 0 Å². The Morgan fingerprint density at radius 3 is 2.24 bits per heavy atom. The number of benzene rings is 2. The van der Waals surface area contributed by atoms with Crippen molar-refractivity contribution >= 4 is 12.0 Å². The van der Waals surface area contributed by atoms with Crippen LogP contribution in [-0.4, -0.2) is 40.2 Å². The summed E-state index contributed by atoms with van der Waals surface area (Å²) in [6.07, 6.45) is 5.30. The maximum absolute atomic E-state index is 13.2. The average molecular weight is 507 g/mol. The maximum atomic E-state index is 13.2. The van der Waals surface area contributed by atoms with Crippen LogP contribution in [0.4, 0.5) is 4.79 Å². The van der Waals surface area contributed by atoms with Gasteiger partial charge in [-0.25, -0.2) is 9.59 Å². The first-order chi connectivity index (χ1) is 17.5. The molecular weight excluding hydrogens is 464 g/mol. The van der Waals surface area contributed by atoms with Crippen LogP contribution in [-0.2, 0) is 22.5 Å². The smallest absolute Gasteiger partial charge is 0.337 e. The molecule has 1 heterocycles. The predicted molar refractivity (Wildman–Crippen MR) is 147 cm³/mol. The Morgan fingerprint density at radius 1 is 1.00 bits per heavy atom. The first kappa shape index (κ1) is 27.2. The van der Waals surface area contributed by atoms with Crippen molar-refractivity contribution in [3.05, 3.63) is 57.6 Å². The minimum atomic E-state index is -1.12. The number of rotatable bonds is 5. The second-order valence-corrected chi connectivity index (χ2v) is 11.8. The number of aliphatic carboxylic acids is 1. The van der Waals surface area contributed by atoms with E-state index in [9.17, 15) is 14.7 Å². The van der Waals surface area contributed by atoms with Gasteiger partial charge in [-0.15, -0.1) is 0 Å². The summed E-state index contributed by atoms with van der Waals surface area (Å²) in [4.78, 5) is 27.7. The number of carboxylic acid groups (broad SMARTS) is 1. The van der Waals surface area contributed by atoms with Crippen LogP contribution < -0.4 is 5.32 Å². The zero-order chi connectivity index (χ0) is 26.9. The fraction of sp³-hybridized carbons (Fsp3) is 0.548. The van der Waals surface area contributed by atoms with Gasteiger partial charge < -0.3 is 20.1 Å². The third-order valence-corrected chi connectivity index (χ3v) is 7.82. The quantitative estimate of drug-likeness (QED) is 0.478. The standard InChI is InChI=1S/C31H42N2O4/c1-19-12-14-22(15-13-19)26-20(2)24-16-17-33(30(36)32-23-10-8-7-9-11-23)18-25(24)21(3)27(26)28(29(34)35)37-31(4,5)6/h12-15,23,28H,7-11,16-18H2,1-6H3,(H,32,36)(H,34,35). The number of fused-ring (bicyclic) bond motifs is 1. The first-order valence-electron chi connectivity index (χ1n) is 13.6. The lowest BCUT2D eigenvalue weighted by Crippen LogP contribution is -2.47. The van der Waals surface area contributed by atoms with Gasteiger partial charge in [-0.2, -0.15) is 0 Å². The van der Waals surface area contributed by atoms with Crippen molar-refractivity contribution in [1.29, 1.82) is 0 Å². The molecule has 2 aromatic rings. The third kappa shape index (κ3) is 6.01. The van der Waals surface area contributed by atoms with Gasteiger partial charge in [0.2, 0.25) is 0 Å². The monoisotopic (exact) mass is 506 g/mol. The largest absolute Gasteiger partial charge is 0.479 e. The van der Waals surface area contributed by atoms with E-state index in [1.165, 1.54) is 24.8 Å². The number of amides is 2. The Bertz CT molecular complexity index is 1160. The van der Waals surface area contributed by atoms with E-state index in [1.807, 2.05) is 39.5 Å². The highest BCUT2D eigenvalue weighted by atomic mass is 16.5. The zero-order valence-corrected chi connectivity index (χ0v) is 23.2. The second-order valence-electron chi connectivity index (χ2n) is 11.8. The van der Waals surface area contributed by atoms with Crippen LogP contribution in [0.15, 0.2) is 24.3 Å². The maximum Gasteiger partial charge on any atom is 0.337 e. The molecule has 1 atom stereocenters. The number of carboxylic acids is 1. The number of carbonyl (C=O) groups excluding carboxylic acids is 1. The Labute approximate surface area is 221 Å². The van der Waals surface area contributed by atoms with E-state index in [4.69, 9.17) is 4.74 Å². The van der Waals surface area contributed by atoms with E-state index in [0.717, 1.165) is 52.6 Å². The summed E-state index contributed by atoms with van der Waals surface area (Å²) >= 11 is 0. The molecule has 0 spiro atoms. The first-order valence-corrected chi connectivity index (χ1v) is 13.6. The van der Waals surface area contributed by atoms with E-state index in [-0.39, 0.29) is 12.1 Å². The molecule has 6 heteroatoms. The lowest BCUT2D eigenvalue weighted by molar-refractivity contribution is -0.160. The SMILES string of the molecule is Cc1ccc(-c2c(C)c3c(c(C)c2C(OC(C)(C)C)C(=O)O)CN(C(=O)NC2CCCCC2)CC3)cc1. The summed E-state index contributed by atoms with van der Waals surface area (Å²) < 4.78 is 6.18. The van der Waals surface area contributed by atoms with Crippen LogP contribution in [0.25, 0.3) is 11.1 Å². The Kier molecular flexibility index (Phi) is 7.98. The lowest BCUT2D eigenvalue weighted by atomic mass is 9.80. The van der Waals surface area contributed by atoms with E-state index in [1.54, 1.807) is 0 Å². The molecule has 1 aliphatic carbocycles. The molecule has 1 saturated carbocycles. The van der Waals surface area contributed by atoms with Gasteiger partial charge in [-0.1, -0.05) is 49.1 Å². The predicted octanol–water partition coefficient (Wildman–Crippen LogP) is 6.62. The van der Waals surface area contributed by atoms with Crippen LogP contribution in [0, 0.1) is 20.8 Å². The number of nitrogens with one attached hydrogen (secondary N) is 1. The van der Waals surface area contributed by atoms with Gasteiger partial charge in [-0.3, -0.25) is 0 Å². The molecule has 1 aliphatic heterocycles. The van der Waals surface area contributed by atoms with Crippen LogP contribution in [0.1, 0.15) is 92.4 Å². The molecule has 6 nitrogen and oxygen atoms in total. The molecule has 2 aromatic carbocycles. The molecule has 37 heavy (non-hydrogen) atoms. The van der Waals surface area contributed by atoms with Crippen molar-refractivity contribution in [3.63, 3.8) is 0 Å². The Morgan fingerprint density at radius 2 is 1.65 bits per heavy atom. The number of hydrogen-bond acceptors (Lipinski definition) is 3.